The maximum atomic E-state index is 13.0. The normalized spacial score (nSPS) is 24.5. The first-order chi connectivity index (χ1) is 11.5. The van der Waals surface area contributed by atoms with Crippen molar-refractivity contribution in [3.05, 3.63) is 35.6 Å². The van der Waals surface area contributed by atoms with Crippen LogP contribution >= 0.6 is 0 Å². The van der Waals surface area contributed by atoms with E-state index < -0.39 is 0 Å². The Hall–Kier alpha value is -1.91. The highest BCUT2D eigenvalue weighted by molar-refractivity contribution is 5.80. The summed E-state index contributed by atoms with van der Waals surface area (Å²) in [5.74, 6) is -0.00577. The molecule has 2 heterocycles. The molecule has 1 aromatic carbocycles. The number of likely N-dealkylation sites (tertiary alicyclic amines) is 2. The smallest absolute Gasteiger partial charge is 0.227 e. The molecule has 1 atom stereocenters. The molecule has 130 valence electrons. The van der Waals surface area contributed by atoms with Gasteiger partial charge in [0.25, 0.3) is 0 Å². The summed E-state index contributed by atoms with van der Waals surface area (Å²) in [5, 5.41) is 0. The summed E-state index contributed by atoms with van der Waals surface area (Å²) in [6.07, 6.45) is 4.71. The van der Waals surface area contributed by atoms with Crippen LogP contribution in [0.4, 0.5) is 4.39 Å². The van der Waals surface area contributed by atoms with E-state index >= 15 is 0 Å². The third-order valence-electron chi connectivity index (χ3n) is 5.40. The fraction of sp³-hybridized carbons (Fsp3) is 0.579. The fourth-order valence-corrected chi connectivity index (χ4v) is 4.25. The standard InChI is InChI=1S/C19H25FN2O2/c1-2-22-17(23)5-3-10-19(22)11-4-12-21(14-19)18(24)13-15-6-8-16(20)9-7-15/h6-9H,2-5,10-14H2,1H3/t19-/m1/s1. The third-order valence-corrected chi connectivity index (χ3v) is 5.40. The molecule has 2 aliphatic rings. The van der Waals surface area contributed by atoms with Crippen LogP contribution in [0.5, 0.6) is 0 Å². The second-order valence-electron chi connectivity index (χ2n) is 6.94. The Labute approximate surface area is 142 Å². The first-order valence-electron chi connectivity index (χ1n) is 8.87. The van der Waals surface area contributed by atoms with Gasteiger partial charge in [0.05, 0.1) is 12.0 Å². The molecule has 0 aliphatic carbocycles. The molecular formula is C19H25FN2O2. The SMILES string of the molecule is CCN1C(=O)CCC[C@]12CCCN(C(=O)Cc1ccc(F)cc1)C2. The van der Waals surface area contributed by atoms with Gasteiger partial charge in [0.1, 0.15) is 5.82 Å². The highest BCUT2D eigenvalue weighted by Gasteiger charge is 2.45. The Kier molecular flexibility index (Phi) is 4.88. The molecule has 0 saturated carbocycles. The highest BCUT2D eigenvalue weighted by atomic mass is 19.1. The summed E-state index contributed by atoms with van der Waals surface area (Å²) >= 11 is 0. The Morgan fingerprint density at radius 1 is 1.21 bits per heavy atom. The number of rotatable bonds is 3. The summed E-state index contributed by atoms with van der Waals surface area (Å²) < 4.78 is 13.0. The van der Waals surface area contributed by atoms with E-state index in [1.54, 1.807) is 12.1 Å². The molecular weight excluding hydrogens is 307 g/mol. The van der Waals surface area contributed by atoms with Gasteiger partial charge in [-0.25, -0.2) is 4.39 Å². The predicted molar refractivity (Wildman–Crippen MR) is 89.9 cm³/mol. The number of benzene rings is 1. The number of carbonyl (C=O) groups excluding carboxylic acids is 2. The molecule has 1 spiro atoms. The van der Waals surface area contributed by atoms with Gasteiger partial charge in [-0.15, -0.1) is 0 Å². The molecule has 0 aromatic heterocycles. The van der Waals surface area contributed by atoms with Crippen LogP contribution in [0.2, 0.25) is 0 Å². The maximum absolute atomic E-state index is 13.0. The van der Waals surface area contributed by atoms with Gasteiger partial charge in [-0.3, -0.25) is 9.59 Å². The number of hydrogen-bond acceptors (Lipinski definition) is 2. The topological polar surface area (TPSA) is 40.6 Å². The quantitative estimate of drug-likeness (QED) is 0.854. The van der Waals surface area contributed by atoms with Gasteiger partial charge in [0, 0.05) is 26.1 Å². The van der Waals surface area contributed by atoms with Crippen molar-refractivity contribution >= 4 is 11.8 Å². The minimum atomic E-state index is -0.289. The van der Waals surface area contributed by atoms with Gasteiger partial charge in [-0.05, 0) is 50.3 Å². The highest BCUT2D eigenvalue weighted by Crippen LogP contribution is 2.36. The van der Waals surface area contributed by atoms with Crippen molar-refractivity contribution in [3.63, 3.8) is 0 Å². The van der Waals surface area contributed by atoms with Gasteiger partial charge in [-0.1, -0.05) is 12.1 Å². The van der Waals surface area contributed by atoms with E-state index in [0.717, 1.165) is 37.8 Å². The number of carbonyl (C=O) groups is 2. The Morgan fingerprint density at radius 3 is 2.62 bits per heavy atom. The zero-order valence-corrected chi connectivity index (χ0v) is 14.3. The number of piperidine rings is 2. The molecule has 2 saturated heterocycles. The van der Waals surface area contributed by atoms with Crippen molar-refractivity contribution in [1.29, 1.82) is 0 Å². The van der Waals surface area contributed by atoms with E-state index in [2.05, 4.69) is 0 Å². The second kappa shape index (κ2) is 6.91. The van der Waals surface area contributed by atoms with Crippen LogP contribution in [0.15, 0.2) is 24.3 Å². The number of halogens is 1. The molecule has 5 heteroatoms. The van der Waals surface area contributed by atoms with Crippen LogP contribution < -0.4 is 0 Å². The van der Waals surface area contributed by atoms with E-state index in [9.17, 15) is 14.0 Å². The average Bonchev–Trinajstić information content (AvgIpc) is 2.57. The van der Waals surface area contributed by atoms with Crippen LogP contribution in [0.1, 0.15) is 44.6 Å². The predicted octanol–water partition coefficient (Wildman–Crippen LogP) is 2.76. The largest absolute Gasteiger partial charge is 0.340 e. The lowest BCUT2D eigenvalue weighted by Crippen LogP contribution is -2.63. The number of likely N-dealkylation sites (N-methyl/N-ethyl adjacent to an activating group) is 1. The zero-order chi connectivity index (χ0) is 17.2. The monoisotopic (exact) mass is 332 g/mol. The molecule has 24 heavy (non-hydrogen) atoms. The molecule has 1 aromatic rings. The number of hydrogen-bond donors (Lipinski definition) is 0. The molecule has 3 rings (SSSR count). The molecule has 0 unspecified atom stereocenters. The summed E-state index contributed by atoms with van der Waals surface area (Å²) in [6.45, 7) is 4.10. The van der Waals surface area contributed by atoms with Gasteiger partial charge < -0.3 is 9.80 Å². The Morgan fingerprint density at radius 2 is 1.92 bits per heavy atom. The van der Waals surface area contributed by atoms with Crippen LogP contribution in [0.25, 0.3) is 0 Å². The average molecular weight is 332 g/mol. The molecule has 0 radical (unpaired) electrons. The third kappa shape index (κ3) is 3.30. The zero-order valence-electron chi connectivity index (χ0n) is 14.3. The van der Waals surface area contributed by atoms with Crippen molar-refractivity contribution in [2.24, 2.45) is 0 Å². The number of nitrogens with zero attached hydrogens (tertiary/aromatic N) is 2. The molecule has 4 nitrogen and oxygen atoms in total. The molecule has 2 amide bonds. The van der Waals surface area contributed by atoms with E-state index in [1.165, 1.54) is 12.1 Å². The van der Waals surface area contributed by atoms with Gasteiger partial charge in [0.15, 0.2) is 0 Å². The lowest BCUT2D eigenvalue weighted by Gasteiger charge is -2.52. The van der Waals surface area contributed by atoms with Crippen molar-refractivity contribution in [2.45, 2.75) is 51.0 Å². The van der Waals surface area contributed by atoms with Crippen LogP contribution in [0.3, 0.4) is 0 Å². The van der Waals surface area contributed by atoms with Crippen molar-refractivity contribution < 1.29 is 14.0 Å². The second-order valence-corrected chi connectivity index (χ2v) is 6.94. The van der Waals surface area contributed by atoms with Crippen molar-refractivity contribution in [3.8, 4) is 0 Å². The minimum Gasteiger partial charge on any atom is -0.340 e. The first kappa shape index (κ1) is 16.9. The Bertz CT molecular complexity index is 612. The fourth-order valence-electron chi connectivity index (χ4n) is 4.25. The Balaban J connectivity index is 1.71. The van der Waals surface area contributed by atoms with Gasteiger partial charge in [0.2, 0.25) is 11.8 Å². The number of amides is 2. The van der Waals surface area contributed by atoms with E-state index in [4.69, 9.17) is 0 Å². The van der Waals surface area contributed by atoms with E-state index in [1.807, 2.05) is 16.7 Å². The maximum Gasteiger partial charge on any atom is 0.227 e. The summed E-state index contributed by atoms with van der Waals surface area (Å²) in [6, 6.07) is 6.10. The van der Waals surface area contributed by atoms with Crippen LogP contribution in [0, 0.1) is 5.82 Å². The van der Waals surface area contributed by atoms with Gasteiger partial charge in [-0.2, -0.15) is 0 Å². The van der Waals surface area contributed by atoms with Gasteiger partial charge >= 0.3 is 0 Å². The summed E-state index contributed by atoms with van der Waals surface area (Å²) in [7, 11) is 0. The van der Waals surface area contributed by atoms with Crippen LogP contribution in [-0.4, -0.2) is 46.8 Å². The van der Waals surface area contributed by atoms with Crippen molar-refractivity contribution in [2.75, 3.05) is 19.6 Å². The minimum absolute atomic E-state index is 0.0646. The molecule has 2 fully saturated rings. The molecule has 0 bridgehead atoms. The lowest BCUT2D eigenvalue weighted by atomic mass is 9.79. The molecule has 2 aliphatic heterocycles. The summed E-state index contributed by atoms with van der Waals surface area (Å²) in [4.78, 5) is 28.9. The lowest BCUT2D eigenvalue weighted by molar-refractivity contribution is -0.150. The van der Waals surface area contributed by atoms with Crippen molar-refractivity contribution in [1.82, 2.24) is 9.80 Å². The van der Waals surface area contributed by atoms with E-state index in [-0.39, 0.29) is 29.6 Å². The van der Waals surface area contributed by atoms with Crippen LogP contribution in [-0.2, 0) is 16.0 Å². The molecule has 0 N–H and O–H groups in total. The van der Waals surface area contributed by atoms with E-state index in [0.29, 0.717) is 19.5 Å². The summed E-state index contributed by atoms with van der Waals surface area (Å²) in [5.41, 5.74) is 0.647. The first-order valence-corrected chi connectivity index (χ1v) is 8.87.